The number of amides is 2. The number of urea groups is 1. The predicted octanol–water partition coefficient (Wildman–Crippen LogP) is -0.000000000000000167. The molecule has 90 valence electrons. The van der Waals surface area contributed by atoms with Crippen LogP contribution in [0.5, 0.6) is 0 Å². The Morgan fingerprint density at radius 1 is 1.60 bits per heavy atom. The molecule has 1 atom stereocenters. The van der Waals surface area contributed by atoms with Gasteiger partial charge in [0, 0.05) is 19.0 Å². The second-order valence-corrected chi connectivity index (χ2v) is 3.58. The second-order valence-electron chi connectivity index (χ2n) is 3.20. The minimum absolute atomic E-state index is 0.137. The predicted molar refractivity (Wildman–Crippen MR) is 59.1 cm³/mol. The van der Waals surface area contributed by atoms with Gasteiger partial charge in [-0.1, -0.05) is 6.92 Å². The Hall–Kier alpha value is -0.520. The van der Waals surface area contributed by atoms with Gasteiger partial charge in [-0.05, 0) is 6.42 Å². The van der Waals surface area contributed by atoms with Crippen LogP contribution < -0.4 is 5.32 Å². The molecule has 1 unspecified atom stereocenters. The largest absolute Gasteiger partial charge is 0.394 e. The van der Waals surface area contributed by atoms with E-state index >= 15 is 0 Å². The highest BCUT2D eigenvalue weighted by Gasteiger charge is 2.15. The van der Waals surface area contributed by atoms with E-state index in [-0.39, 0.29) is 19.2 Å². The fourth-order valence-corrected chi connectivity index (χ4v) is 1.22. The van der Waals surface area contributed by atoms with E-state index in [1.54, 1.807) is 0 Å². The molecular formula is C9H19ClN2O3. The summed E-state index contributed by atoms with van der Waals surface area (Å²) < 4.78 is 0. The van der Waals surface area contributed by atoms with Crippen LogP contribution in [0.25, 0.3) is 0 Å². The molecule has 0 saturated carbocycles. The Morgan fingerprint density at radius 3 is 2.73 bits per heavy atom. The fraction of sp³-hybridized carbons (Fsp3) is 0.889. The zero-order valence-electron chi connectivity index (χ0n) is 8.95. The van der Waals surface area contributed by atoms with E-state index in [0.29, 0.717) is 19.0 Å². The molecule has 6 heteroatoms. The maximum Gasteiger partial charge on any atom is 0.317 e. The average molecular weight is 239 g/mol. The quantitative estimate of drug-likeness (QED) is 0.547. The SMILES string of the molecule is CCCN(CC(O)CO)C(=O)NCCCl. The summed E-state index contributed by atoms with van der Waals surface area (Å²) in [6.07, 6.45) is -0.0924. The number of alkyl halides is 1. The first-order valence-electron chi connectivity index (χ1n) is 5.03. The van der Waals surface area contributed by atoms with Gasteiger partial charge in [-0.15, -0.1) is 11.6 Å². The van der Waals surface area contributed by atoms with Gasteiger partial charge in [0.05, 0.1) is 19.3 Å². The third-order valence-electron chi connectivity index (χ3n) is 1.79. The first-order chi connectivity index (χ1) is 7.15. The molecule has 0 aliphatic carbocycles. The maximum atomic E-state index is 11.5. The Labute approximate surface area is 95.0 Å². The molecule has 0 aliphatic heterocycles. The zero-order valence-corrected chi connectivity index (χ0v) is 9.70. The van der Waals surface area contributed by atoms with E-state index in [4.69, 9.17) is 16.7 Å². The van der Waals surface area contributed by atoms with Gasteiger partial charge in [-0.3, -0.25) is 0 Å². The number of nitrogens with zero attached hydrogens (tertiary/aromatic N) is 1. The second kappa shape index (κ2) is 8.76. The highest BCUT2D eigenvalue weighted by Crippen LogP contribution is 1.96. The lowest BCUT2D eigenvalue weighted by atomic mass is 10.3. The van der Waals surface area contributed by atoms with Gasteiger partial charge in [0.15, 0.2) is 0 Å². The Kier molecular flexibility index (Phi) is 8.46. The molecule has 0 rings (SSSR count). The van der Waals surface area contributed by atoms with E-state index in [1.165, 1.54) is 4.90 Å². The number of hydrogen-bond donors (Lipinski definition) is 3. The zero-order chi connectivity index (χ0) is 11.7. The van der Waals surface area contributed by atoms with Gasteiger partial charge in [0.2, 0.25) is 0 Å². The molecule has 0 aromatic carbocycles. The van der Waals surface area contributed by atoms with E-state index in [9.17, 15) is 9.90 Å². The summed E-state index contributed by atoms with van der Waals surface area (Å²) in [4.78, 5) is 13.0. The van der Waals surface area contributed by atoms with Gasteiger partial charge in [0.25, 0.3) is 0 Å². The highest BCUT2D eigenvalue weighted by atomic mass is 35.5. The number of aliphatic hydroxyl groups is 2. The van der Waals surface area contributed by atoms with Crippen molar-refractivity contribution in [1.29, 1.82) is 0 Å². The number of carbonyl (C=O) groups excluding carboxylic acids is 1. The van der Waals surface area contributed by atoms with Gasteiger partial charge < -0.3 is 20.4 Å². The van der Waals surface area contributed by atoms with E-state index in [0.717, 1.165) is 6.42 Å². The lowest BCUT2D eigenvalue weighted by molar-refractivity contribution is 0.0677. The summed E-state index contributed by atoms with van der Waals surface area (Å²) in [7, 11) is 0. The maximum absolute atomic E-state index is 11.5. The smallest absolute Gasteiger partial charge is 0.317 e. The van der Waals surface area contributed by atoms with E-state index in [2.05, 4.69) is 5.32 Å². The number of rotatable bonds is 7. The van der Waals surface area contributed by atoms with Crippen LogP contribution in [-0.2, 0) is 0 Å². The summed E-state index contributed by atoms with van der Waals surface area (Å²) in [5.74, 6) is 0.355. The molecule has 0 spiro atoms. The van der Waals surface area contributed by atoms with Crippen molar-refractivity contribution in [3.63, 3.8) is 0 Å². The van der Waals surface area contributed by atoms with Crippen molar-refractivity contribution in [3.05, 3.63) is 0 Å². The topological polar surface area (TPSA) is 72.8 Å². The molecule has 5 nitrogen and oxygen atoms in total. The lowest BCUT2D eigenvalue weighted by Crippen LogP contribution is -2.45. The summed E-state index contributed by atoms with van der Waals surface area (Å²) in [6.45, 7) is 2.68. The van der Waals surface area contributed by atoms with Gasteiger partial charge >= 0.3 is 6.03 Å². The molecule has 3 N–H and O–H groups in total. The van der Waals surface area contributed by atoms with Crippen molar-refractivity contribution in [2.24, 2.45) is 0 Å². The number of hydrogen-bond acceptors (Lipinski definition) is 3. The van der Waals surface area contributed by atoms with Crippen LogP contribution in [0.15, 0.2) is 0 Å². The molecular weight excluding hydrogens is 220 g/mol. The number of carbonyl (C=O) groups is 1. The third kappa shape index (κ3) is 6.54. The Bertz CT molecular complexity index is 181. The van der Waals surface area contributed by atoms with Crippen molar-refractivity contribution in [2.45, 2.75) is 19.4 Å². The van der Waals surface area contributed by atoms with Crippen molar-refractivity contribution >= 4 is 17.6 Å². The van der Waals surface area contributed by atoms with Crippen molar-refractivity contribution in [2.75, 3.05) is 32.1 Å². The fourth-order valence-electron chi connectivity index (χ4n) is 1.12. The standard InChI is InChI=1S/C9H19ClN2O3/c1-2-5-12(6-8(14)7-13)9(15)11-4-3-10/h8,13-14H,2-7H2,1H3,(H,11,15). The van der Waals surface area contributed by atoms with E-state index in [1.807, 2.05) is 6.92 Å². The van der Waals surface area contributed by atoms with Crippen molar-refractivity contribution in [1.82, 2.24) is 10.2 Å². The van der Waals surface area contributed by atoms with Crippen LogP contribution in [0, 0.1) is 0 Å². The minimum atomic E-state index is -0.890. The van der Waals surface area contributed by atoms with Crippen LogP contribution in [-0.4, -0.2) is 59.4 Å². The van der Waals surface area contributed by atoms with Crippen LogP contribution in [0.2, 0.25) is 0 Å². The van der Waals surface area contributed by atoms with Crippen molar-refractivity contribution < 1.29 is 15.0 Å². The molecule has 0 aromatic rings. The number of halogens is 1. The Morgan fingerprint density at radius 2 is 2.27 bits per heavy atom. The monoisotopic (exact) mass is 238 g/mol. The summed E-state index contributed by atoms with van der Waals surface area (Å²) >= 11 is 5.44. The van der Waals surface area contributed by atoms with Crippen molar-refractivity contribution in [3.8, 4) is 0 Å². The molecule has 0 fully saturated rings. The molecule has 2 amide bonds. The van der Waals surface area contributed by atoms with Crippen LogP contribution in [0.4, 0.5) is 4.79 Å². The summed E-state index contributed by atoms with van der Waals surface area (Å²) in [6, 6.07) is -0.259. The average Bonchev–Trinajstić information content (AvgIpc) is 2.24. The van der Waals surface area contributed by atoms with Gasteiger partial charge in [-0.2, -0.15) is 0 Å². The molecule has 0 aliphatic rings. The number of nitrogens with one attached hydrogen (secondary N) is 1. The Balaban J connectivity index is 4.05. The van der Waals surface area contributed by atoms with Crippen LogP contribution in [0.3, 0.4) is 0 Å². The molecule has 0 aromatic heterocycles. The first-order valence-corrected chi connectivity index (χ1v) is 5.56. The molecule has 0 bridgehead atoms. The summed E-state index contributed by atoms with van der Waals surface area (Å²) in [5, 5.41) is 20.5. The van der Waals surface area contributed by atoms with E-state index < -0.39 is 6.10 Å². The van der Waals surface area contributed by atoms with Gasteiger partial charge in [-0.25, -0.2) is 4.79 Å². The van der Waals surface area contributed by atoms with Crippen LogP contribution in [0.1, 0.15) is 13.3 Å². The number of aliphatic hydroxyl groups excluding tert-OH is 2. The lowest BCUT2D eigenvalue weighted by Gasteiger charge is -2.24. The molecule has 0 heterocycles. The molecule has 0 saturated heterocycles. The first kappa shape index (κ1) is 14.5. The molecule has 15 heavy (non-hydrogen) atoms. The normalized spacial score (nSPS) is 12.3. The molecule has 0 radical (unpaired) electrons. The van der Waals surface area contributed by atoms with Gasteiger partial charge in [0.1, 0.15) is 0 Å². The third-order valence-corrected chi connectivity index (χ3v) is 1.98. The minimum Gasteiger partial charge on any atom is -0.394 e. The highest BCUT2D eigenvalue weighted by molar-refractivity contribution is 6.18. The summed E-state index contributed by atoms with van der Waals surface area (Å²) in [5.41, 5.74) is 0. The van der Waals surface area contributed by atoms with Crippen LogP contribution >= 0.6 is 11.6 Å².